The fourth-order valence-electron chi connectivity index (χ4n) is 7.59. The molecule has 0 aliphatic heterocycles. The maximum absolute atomic E-state index is 13.4. The fraction of sp³-hybridized carbons (Fsp3) is 0.731. The van der Waals surface area contributed by atoms with Crippen molar-refractivity contribution < 1.29 is 24.2 Å². The van der Waals surface area contributed by atoms with Gasteiger partial charge in [0.1, 0.15) is 6.10 Å². The number of Topliss-reactive ketones (excluding diaryl/α,β-unsaturated/α-hetero) is 1. The Morgan fingerprint density at radius 3 is 2.61 bits per heavy atom. The molecule has 8 atom stereocenters. The summed E-state index contributed by atoms with van der Waals surface area (Å²) in [6.45, 7) is 8.08. The van der Waals surface area contributed by atoms with E-state index in [-0.39, 0.29) is 28.3 Å². The molecule has 5 heteroatoms. The van der Waals surface area contributed by atoms with E-state index < -0.39 is 18.2 Å². The average Bonchev–Trinajstić information content (AvgIpc) is 3.08. The van der Waals surface area contributed by atoms with Crippen molar-refractivity contribution in [3.8, 4) is 0 Å². The lowest BCUT2D eigenvalue weighted by atomic mass is 9.47. The monoisotopic (exact) mass is 428 g/mol. The minimum Gasteiger partial charge on any atom is -0.479 e. The number of rotatable bonds is 6. The van der Waals surface area contributed by atoms with Gasteiger partial charge in [-0.15, -0.1) is 0 Å². The molecule has 4 rings (SSSR count). The Labute approximate surface area is 185 Å². The summed E-state index contributed by atoms with van der Waals surface area (Å²) in [5.74, 6) is 0.708. The van der Waals surface area contributed by atoms with E-state index in [1.54, 1.807) is 19.9 Å². The number of allylic oxidation sites excluding steroid dienone is 4. The molecule has 0 heterocycles. The van der Waals surface area contributed by atoms with Gasteiger partial charge in [0.2, 0.25) is 0 Å². The number of carboxylic acids is 1. The molecule has 0 spiro atoms. The summed E-state index contributed by atoms with van der Waals surface area (Å²) < 4.78 is 5.67. The SMILES string of the molecule is CCC(OC(C)C(=O)[C@H]1CC[C@H]2[C@@H]3CCC4=CC(=O)C=C[C@]4(C)[C@H]3CC[C@]12C)C(=O)O. The number of aliphatic carboxylic acids is 1. The molecule has 0 bridgehead atoms. The second kappa shape index (κ2) is 7.99. The second-order valence-electron chi connectivity index (χ2n) is 10.7. The zero-order valence-corrected chi connectivity index (χ0v) is 19.2. The van der Waals surface area contributed by atoms with Crippen LogP contribution in [0.15, 0.2) is 23.8 Å². The van der Waals surface area contributed by atoms with Gasteiger partial charge in [-0.2, -0.15) is 0 Å². The quantitative estimate of drug-likeness (QED) is 0.660. The molecule has 0 amide bonds. The number of carbonyl (C=O) groups is 3. The Kier molecular flexibility index (Phi) is 5.78. The predicted molar refractivity (Wildman–Crippen MR) is 117 cm³/mol. The van der Waals surface area contributed by atoms with Gasteiger partial charge in [-0.25, -0.2) is 4.79 Å². The van der Waals surface area contributed by atoms with Crippen molar-refractivity contribution in [1.82, 2.24) is 0 Å². The fourth-order valence-corrected chi connectivity index (χ4v) is 7.59. The third-order valence-electron chi connectivity index (χ3n) is 9.32. The van der Waals surface area contributed by atoms with Gasteiger partial charge in [0.05, 0.1) is 0 Å². The summed E-state index contributed by atoms with van der Waals surface area (Å²) in [4.78, 5) is 36.7. The van der Waals surface area contributed by atoms with Crippen molar-refractivity contribution in [1.29, 1.82) is 0 Å². The largest absolute Gasteiger partial charge is 0.479 e. The number of carboxylic acid groups (broad SMARTS) is 1. The summed E-state index contributed by atoms with van der Waals surface area (Å²) in [5, 5.41) is 9.30. The Bertz CT molecular complexity index is 841. The number of ether oxygens (including phenoxy) is 1. The van der Waals surface area contributed by atoms with Crippen LogP contribution < -0.4 is 0 Å². The highest BCUT2D eigenvalue weighted by Gasteiger charge is 2.60. The Balaban J connectivity index is 1.53. The first-order valence-corrected chi connectivity index (χ1v) is 12.0. The van der Waals surface area contributed by atoms with Crippen molar-refractivity contribution in [3.05, 3.63) is 23.8 Å². The van der Waals surface area contributed by atoms with Crippen molar-refractivity contribution in [3.63, 3.8) is 0 Å². The van der Waals surface area contributed by atoms with Gasteiger partial charge >= 0.3 is 5.97 Å². The van der Waals surface area contributed by atoms with Gasteiger partial charge in [0, 0.05) is 11.3 Å². The van der Waals surface area contributed by atoms with Crippen LogP contribution in [0.5, 0.6) is 0 Å². The maximum Gasteiger partial charge on any atom is 0.332 e. The minimum atomic E-state index is -1.00. The zero-order valence-electron chi connectivity index (χ0n) is 19.2. The molecule has 0 aromatic carbocycles. The van der Waals surface area contributed by atoms with Gasteiger partial charge in [-0.1, -0.05) is 32.4 Å². The van der Waals surface area contributed by atoms with Gasteiger partial charge in [0.25, 0.3) is 0 Å². The first kappa shape index (κ1) is 22.4. The van der Waals surface area contributed by atoms with Crippen molar-refractivity contribution in [2.24, 2.45) is 34.5 Å². The first-order chi connectivity index (χ1) is 14.6. The maximum atomic E-state index is 13.4. The molecule has 3 saturated carbocycles. The lowest BCUT2D eigenvalue weighted by molar-refractivity contribution is -0.159. The highest BCUT2D eigenvalue weighted by Crippen LogP contribution is 2.66. The Morgan fingerprint density at radius 1 is 1.19 bits per heavy atom. The van der Waals surface area contributed by atoms with E-state index >= 15 is 0 Å². The Hall–Kier alpha value is -1.75. The van der Waals surface area contributed by atoms with E-state index in [9.17, 15) is 19.5 Å². The van der Waals surface area contributed by atoms with Crippen LogP contribution in [0, 0.1) is 34.5 Å². The standard InChI is InChI=1S/C26H36O5/c1-5-22(24(29)30)31-15(2)23(28)21-9-8-19-18-7-6-16-14-17(27)10-12-25(16,3)20(18)11-13-26(19,21)4/h10,12,14-15,18-22H,5-9,11,13H2,1-4H3,(H,29,30)/t15?,18-,19-,20-,21+,22?,25-,26-/m0/s1. The van der Waals surface area contributed by atoms with Gasteiger partial charge < -0.3 is 9.84 Å². The van der Waals surface area contributed by atoms with Crippen LogP contribution in [-0.2, 0) is 19.1 Å². The second-order valence-corrected chi connectivity index (χ2v) is 10.7. The number of hydrogen-bond acceptors (Lipinski definition) is 4. The lowest BCUT2D eigenvalue weighted by Crippen LogP contribution is -2.51. The molecule has 0 radical (unpaired) electrons. The van der Waals surface area contributed by atoms with Crippen LogP contribution in [0.3, 0.4) is 0 Å². The number of carbonyl (C=O) groups excluding carboxylic acids is 2. The molecule has 4 aliphatic rings. The predicted octanol–water partition coefficient (Wildman–Crippen LogP) is 4.75. The first-order valence-electron chi connectivity index (χ1n) is 12.0. The van der Waals surface area contributed by atoms with Gasteiger partial charge in [0.15, 0.2) is 17.7 Å². The zero-order chi connectivity index (χ0) is 22.6. The van der Waals surface area contributed by atoms with Gasteiger partial charge in [-0.05, 0) is 87.2 Å². The molecule has 3 fully saturated rings. The molecule has 4 aliphatic carbocycles. The van der Waals surface area contributed by atoms with Crippen LogP contribution in [0.4, 0.5) is 0 Å². The van der Waals surface area contributed by atoms with E-state index in [2.05, 4.69) is 19.9 Å². The highest BCUT2D eigenvalue weighted by molar-refractivity contribution is 6.01. The van der Waals surface area contributed by atoms with E-state index in [0.29, 0.717) is 24.2 Å². The van der Waals surface area contributed by atoms with Crippen molar-refractivity contribution >= 4 is 17.5 Å². The van der Waals surface area contributed by atoms with Crippen LogP contribution >= 0.6 is 0 Å². The van der Waals surface area contributed by atoms with Crippen molar-refractivity contribution in [2.75, 3.05) is 0 Å². The summed E-state index contributed by atoms with van der Waals surface area (Å²) in [5.41, 5.74) is 1.20. The molecule has 5 nitrogen and oxygen atoms in total. The molecular formula is C26H36O5. The molecule has 31 heavy (non-hydrogen) atoms. The summed E-state index contributed by atoms with van der Waals surface area (Å²) in [6.07, 6.45) is 10.5. The molecule has 1 N–H and O–H groups in total. The molecule has 2 unspecified atom stereocenters. The van der Waals surface area contributed by atoms with Crippen LogP contribution in [0.2, 0.25) is 0 Å². The number of fused-ring (bicyclic) bond motifs is 5. The van der Waals surface area contributed by atoms with E-state index in [1.807, 2.05) is 6.08 Å². The van der Waals surface area contributed by atoms with E-state index in [0.717, 1.165) is 38.5 Å². The third kappa shape index (κ3) is 3.53. The average molecular weight is 429 g/mol. The normalized spacial score (nSPS) is 40.9. The smallest absolute Gasteiger partial charge is 0.332 e. The molecule has 0 saturated heterocycles. The Morgan fingerprint density at radius 2 is 1.94 bits per heavy atom. The molecule has 0 aromatic rings. The van der Waals surface area contributed by atoms with E-state index in [1.165, 1.54) is 5.57 Å². The van der Waals surface area contributed by atoms with Crippen molar-refractivity contribution in [2.45, 2.75) is 84.8 Å². The molecule has 0 aromatic heterocycles. The molecule has 170 valence electrons. The topological polar surface area (TPSA) is 80.7 Å². The lowest BCUT2D eigenvalue weighted by Gasteiger charge is -2.57. The van der Waals surface area contributed by atoms with Gasteiger partial charge in [-0.3, -0.25) is 9.59 Å². The van der Waals surface area contributed by atoms with E-state index in [4.69, 9.17) is 4.74 Å². The summed E-state index contributed by atoms with van der Waals surface area (Å²) in [6, 6.07) is 0. The summed E-state index contributed by atoms with van der Waals surface area (Å²) in [7, 11) is 0. The number of ketones is 2. The minimum absolute atomic E-state index is 0.0352. The number of hydrogen-bond donors (Lipinski definition) is 1. The summed E-state index contributed by atoms with van der Waals surface area (Å²) >= 11 is 0. The highest BCUT2D eigenvalue weighted by atomic mass is 16.5. The molecular weight excluding hydrogens is 392 g/mol. The van der Waals surface area contributed by atoms with Crippen LogP contribution in [-0.4, -0.2) is 34.9 Å². The van der Waals surface area contributed by atoms with Crippen LogP contribution in [0.1, 0.15) is 72.6 Å². The third-order valence-corrected chi connectivity index (χ3v) is 9.32. The van der Waals surface area contributed by atoms with Crippen LogP contribution in [0.25, 0.3) is 0 Å².